The Morgan fingerprint density at radius 3 is 2.84 bits per heavy atom. The number of carbonyl (C=O) groups is 1. The van der Waals surface area contributed by atoms with Crippen LogP contribution in [-0.4, -0.2) is 15.8 Å². The Kier molecular flexibility index (Phi) is 2.85. The van der Waals surface area contributed by atoms with Crippen LogP contribution in [0.4, 0.5) is 4.39 Å². The van der Waals surface area contributed by atoms with E-state index in [2.05, 4.69) is 9.97 Å². The maximum atomic E-state index is 13.1. The number of carbonyl (C=O) groups excluding carboxylic acids is 1. The molecule has 0 N–H and O–H groups in total. The molecule has 1 heterocycles. The molecule has 0 atom stereocenters. The fraction of sp³-hybridized carbons (Fsp3) is 0.267. The Hall–Kier alpha value is -2.10. The lowest BCUT2D eigenvalue weighted by Gasteiger charge is -2.14. The molecule has 0 amide bonds. The van der Waals surface area contributed by atoms with Crippen molar-refractivity contribution in [2.45, 2.75) is 26.2 Å². The van der Waals surface area contributed by atoms with Gasteiger partial charge in [0.1, 0.15) is 5.82 Å². The first-order chi connectivity index (χ1) is 9.15. The smallest absolute Gasteiger partial charge is 0.166 e. The van der Waals surface area contributed by atoms with Gasteiger partial charge in [-0.05, 0) is 43.5 Å². The molecule has 0 unspecified atom stereocenters. The molecule has 3 rings (SSSR count). The van der Waals surface area contributed by atoms with Crippen molar-refractivity contribution in [2.75, 3.05) is 0 Å². The predicted octanol–water partition coefficient (Wildman–Crippen LogP) is 3.11. The van der Waals surface area contributed by atoms with Crippen LogP contribution < -0.4 is 0 Å². The highest BCUT2D eigenvalue weighted by atomic mass is 19.1. The summed E-state index contributed by atoms with van der Waals surface area (Å²) in [6, 6.07) is 4.54. The Labute approximate surface area is 110 Å². The van der Waals surface area contributed by atoms with Gasteiger partial charge in [0.05, 0.1) is 11.3 Å². The van der Waals surface area contributed by atoms with E-state index in [9.17, 15) is 9.18 Å². The second-order valence-electron chi connectivity index (χ2n) is 4.79. The Morgan fingerprint density at radius 1 is 1.21 bits per heavy atom. The number of Topliss-reactive ketones (excluding diaryl/α,β-unsaturated/α-hetero) is 1. The monoisotopic (exact) mass is 256 g/mol. The van der Waals surface area contributed by atoms with Crippen LogP contribution in [0.2, 0.25) is 0 Å². The molecular formula is C15H13FN2O. The quantitative estimate of drug-likeness (QED) is 0.787. The van der Waals surface area contributed by atoms with Crippen LogP contribution in [0.3, 0.4) is 0 Å². The van der Waals surface area contributed by atoms with Crippen molar-refractivity contribution in [3.8, 4) is 11.4 Å². The van der Waals surface area contributed by atoms with E-state index in [1.54, 1.807) is 12.3 Å². The highest BCUT2D eigenvalue weighted by Gasteiger charge is 2.20. The first kappa shape index (κ1) is 12.0. The van der Waals surface area contributed by atoms with E-state index in [4.69, 9.17) is 0 Å². The summed E-state index contributed by atoms with van der Waals surface area (Å²) >= 11 is 0. The van der Waals surface area contributed by atoms with Crippen molar-refractivity contribution in [1.29, 1.82) is 0 Å². The SMILES string of the molecule is Cc1cc(F)ccc1-c1ncc2c(n1)CCCC2=O. The largest absolute Gasteiger partial charge is 0.294 e. The summed E-state index contributed by atoms with van der Waals surface area (Å²) in [5, 5.41) is 0. The number of hydrogen-bond donors (Lipinski definition) is 0. The zero-order valence-electron chi connectivity index (χ0n) is 10.6. The maximum Gasteiger partial charge on any atom is 0.166 e. The van der Waals surface area contributed by atoms with Crippen molar-refractivity contribution >= 4 is 5.78 Å². The van der Waals surface area contributed by atoms with Gasteiger partial charge in [-0.3, -0.25) is 4.79 Å². The first-order valence-electron chi connectivity index (χ1n) is 6.31. The van der Waals surface area contributed by atoms with E-state index >= 15 is 0 Å². The molecule has 0 bridgehead atoms. The molecular weight excluding hydrogens is 243 g/mol. The Morgan fingerprint density at radius 2 is 2.05 bits per heavy atom. The van der Waals surface area contributed by atoms with Gasteiger partial charge < -0.3 is 0 Å². The highest BCUT2D eigenvalue weighted by molar-refractivity contribution is 5.97. The standard InChI is InChI=1S/C15H13FN2O/c1-9-7-10(16)5-6-11(9)15-17-8-12-13(18-15)3-2-4-14(12)19/h5-8H,2-4H2,1H3. The van der Waals surface area contributed by atoms with Crippen LogP contribution in [0.25, 0.3) is 11.4 Å². The minimum Gasteiger partial charge on any atom is -0.294 e. The summed E-state index contributed by atoms with van der Waals surface area (Å²) in [7, 11) is 0. The van der Waals surface area contributed by atoms with Gasteiger partial charge in [-0.15, -0.1) is 0 Å². The first-order valence-corrected chi connectivity index (χ1v) is 6.31. The number of aryl methyl sites for hydroxylation is 2. The van der Waals surface area contributed by atoms with Crippen LogP contribution in [0, 0.1) is 12.7 Å². The average Bonchev–Trinajstić information content (AvgIpc) is 2.38. The third kappa shape index (κ3) is 2.14. The van der Waals surface area contributed by atoms with Gasteiger partial charge >= 0.3 is 0 Å². The van der Waals surface area contributed by atoms with Crippen LogP contribution in [-0.2, 0) is 6.42 Å². The minimum absolute atomic E-state index is 0.114. The fourth-order valence-corrected chi connectivity index (χ4v) is 2.40. The number of ketones is 1. The summed E-state index contributed by atoms with van der Waals surface area (Å²) in [6.07, 6.45) is 3.81. The minimum atomic E-state index is -0.269. The molecule has 0 radical (unpaired) electrons. The van der Waals surface area contributed by atoms with Gasteiger partial charge in [0.2, 0.25) is 0 Å². The second kappa shape index (κ2) is 4.53. The highest BCUT2D eigenvalue weighted by Crippen LogP contribution is 2.24. The molecule has 0 aliphatic heterocycles. The third-order valence-corrected chi connectivity index (χ3v) is 3.41. The van der Waals surface area contributed by atoms with Gasteiger partial charge in [0.15, 0.2) is 11.6 Å². The second-order valence-corrected chi connectivity index (χ2v) is 4.79. The summed E-state index contributed by atoms with van der Waals surface area (Å²) < 4.78 is 13.1. The van der Waals surface area contributed by atoms with Crippen molar-refractivity contribution in [3.05, 3.63) is 47.0 Å². The molecule has 96 valence electrons. The van der Waals surface area contributed by atoms with E-state index in [1.165, 1.54) is 12.1 Å². The topological polar surface area (TPSA) is 42.9 Å². The zero-order valence-corrected chi connectivity index (χ0v) is 10.6. The van der Waals surface area contributed by atoms with Crippen LogP contribution in [0.5, 0.6) is 0 Å². The summed E-state index contributed by atoms with van der Waals surface area (Å²) in [5.74, 6) is 0.406. The van der Waals surface area contributed by atoms with Crippen LogP contribution in [0.15, 0.2) is 24.4 Å². The molecule has 3 nitrogen and oxygen atoms in total. The fourth-order valence-electron chi connectivity index (χ4n) is 2.40. The number of nitrogens with zero attached hydrogens (tertiary/aromatic N) is 2. The van der Waals surface area contributed by atoms with Gasteiger partial charge in [-0.25, -0.2) is 14.4 Å². The molecule has 19 heavy (non-hydrogen) atoms. The lowest BCUT2D eigenvalue weighted by molar-refractivity contribution is 0.0971. The number of rotatable bonds is 1. The number of benzene rings is 1. The molecule has 1 aliphatic rings. The van der Waals surface area contributed by atoms with Gasteiger partial charge in [0, 0.05) is 18.2 Å². The van der Waals surface area contributed by atoms with Crippen molar-refractivity contribution in [3.63, 3.8) is 0 Å². The molecule has 1 aliphatic carbocycles. The Bertz CT molecular complexity index is 667. The molecule has 0 fully saturated rings. The number of hydrogen-bond acceptors (Lipinski definition) is 3. The van der Waals surface area contributed by atoms with E-state index in [0.29, 0.717) is 17.8 Å². The average molecular weight is 256 g/mol. The van der Waals surface area contributed by atoms with E-state index in [-0.39, 0.29) is 11.6 Å². The normalized spacial score (nSPS) is 14.3. The van der Waals surface area contributed by atoms with Gasteiger partial charge in [-0.2, -0.15) is 0 Å². The Balaban J connectivity index is 2.09. The molecule has 0 saturated heterocycles. The van der Waals surface area contributed by atoms with E-state index in [0.717, 1.165) is 29.7 Å². The van der Waals surface area contributed by atoms with Crippen molar-refractivity contribution in [2.24, 2.45) is 0 Å². The van der Waals surface area contributed by atoms with Crippen LogP contribution >= 0.6 is 0 Å². The predicted molar refractivity (Wildman–Crippen MR) is 69.4 cm³/mol. The maximum absolute atomic E-state index is 13.1. The summed E-state index contributed by atoms with van der Waals surface area (Å²) in [6.45, 7) is 1.83. The lowest BCUT2D eigenvalue weighted by atomic mass is 9.96. The number of fused-ring (bicyclic) bond motifs is 1. The molecule has 1 aromatic heterocycles. The molecule has 4 heteroatoms. The van der Waals surface area contributed by atoms with Crippen LogP contribution in [0.1, 0.15) is 34.5 Å². The van der Waals surface area contributed by atoms with Crippen molar-refractivity contribution < 1.29 is 9.18 Å². The molecule has 1 aromatic carbocycles. The summed E-state index contributed by atoms with van der Waals surface area (Å²) in [4.78, 5) is 20.4. The molecule has 2 aromatic rings. The van der Waals surface area contributed by atoms with Gasteiger partial charge in [-0.1, -0.05) is 0 Å². The number of halogens is 1. The zero-order chi connectivity index (χ0) is 13.4. The number of aromatic nitrogens is 2. The third-order valence-electron chi connectivity index (χ3n) is 3.41. The van der Waals surface area contributed by atoms with Crippen molar-refractivity contribution in [1.82, 2.24) is 9.97 Å². The molecule has 0 saturated carbocycles. The van der Waals surface area contributed by atoms with E-state index in [1.807, 2.05) is 6.92 Å². The lowest BCUT2D eigenvalue weighted by Crippen LogP contribution is -2.14. The van der Waals surface area contributed by atoms with Gasteiger partial charge in [0.25, 0.3) is 0 Å². The summed E-state index contributed by atoms with van der Waals surface area (Å²) in [5.41, 5.74) is 3.05. The molecule has 0 spiro atoms. The van der Waals surface area contributed by atoms with E-state index < -0.39 is 0 Å².